The van der Waals surface area contributed by atoms with Gasteiger partial charge in [0.05, 0.1) is 5.52 Å². The van der Waals surface area contributed by atoms with Gasteiger partial charge in [0, 0.05) is 28.2 Å². The van der Waals surface area contributed by atoms with Crippen LogP contribution in [0.15, 0.2) is 107 Å². The molecule has 27 heavy (non-hydrogen) atoms. The van der Waals surface area contributed by atoms with Gasteiger partial charge in [-0.15, -0.1) is 0 Å². The molecule has 0 fully saturated rings. The Morgan fingerprint density at radius 3 is 2.07 bits per heavy atom. The van der Waals surface area contributed by atoms with Crippen molar-refractivity contribution >= 4 is 33.4 Å². The fourth-order valence-electron chi connectivity index (χ4n) is 3.48. The molecule has 3 heteroatoms. The summed E-state index contributed by atoms with van der Waals surface area (Å²) in [5.74, 6) is 0. The first-order valence-corrected chi connectivity index (χ1v) is 9.67. The second-order valence-corrected chi connectivity index (χ2v) is 7.32. The van der Waals surface area contributed by atoms with Gasteiger partial charge in [0.2, 0.25) is 0 Å². The third kappa shape index (κ3) is 2.86. The van der Waals surface area contributed by atoms with Crippen LogP contribution >= 0.6 is 11.8 Å². The van der Waals surface area contributed by atoms with Crippen molar-refractivity contribution in [2.45, 2.75) is 9.92 Å². The van der Waals surface area contributed by atoms with E-state index in [0.29, 0.717) is 0 Å². The van der Waals surface area contributed by atoms with Gasteiger partial charge in [0.15, 0.2) is 0 Å². The SMILES string of the molecule is c1ccc(-c2c3ccccc3c(Sc3ccccn3)c3cccnc23)cc1. The maximum Gasteiger partial charge on any atom is 0.101 e. The zero-order chi connectivity index (χ0) is 18.1. The quantitative estimate of drug-likeness (QED) is 0.337. The average Bonchev–Trinajstić information content (AvgIpc) is 2.75. The predicted molar refractivity (Wildman–Crippen MR) is 113 cm³/mol. The molecule has 0 saturated carbocycles. The van der Waals surface area contributed by atoms with Crippen LogP contribution in [0.4, 0.5) is 0 Å². The van der Waals surface area contributed by atoms with Crippen molar-refractivity contribution in [1.82, 2.24) is 9.97 Å². The number of pyridine rings is 2. The van der Waals surface area contributed by atoms with Gasteiger partial charge in [-0.3, -0.25) is 4.98 Å². The predicted octanol–water partition coefficient (Wildman–Crippen LogP) is 6.60. The summed E-state index contributed by atoms with van der Waals surface area (Å²) in [4.78, 5) is 10.5. The molecule has 0 bridgehead atoms. The topological polar surface area (TPSA) is 25.8 Å². The fourth-order valence-corrected chi connectivity index (χ4v) is 4.51. The Morgan fingerprint density at radius 1 is 0.556 bits per heavy atom. The van der Waals surface area contributed by atoms with Crippen molar-refractivity contribution < 1.29 is 0 Å². The van der Waals surface area contributed by atoms with Crippen LogP contribution < -0.4 is 0 Å². The number of benzene rings is 3. The first-order valence-electron chi connectivity index (χ1n) is 8.85. The molecular formula is C24H16N2S. The maximum atomic E-state index is 4.78. The summed E-state index contributed by atoms with van der Waals surface area (Å²) < 4.78 is 0. The van der Waals surface area contributed by atoms with Crippen molar-refractivity contribution in [3.05, 3.63) is 97.3 Å². The molecular weight excluding hydrogens is 348 g/mol. The highest BCUT2D eigenvalue weighted by atomic mass is 32.2. The first-order chi connectivity index (χ1) is 13.4. The van der Waals surface area contributed by atoms with Gasteiger partial charge >= 0.3 is 0 Å². The van der Waals surface area contributed by atoms with Crippen LogP contribution in [-0.4, -0.2) is 9.97 Å². The number of rotatable bonds is 3. The second kappa shape index (κ2) is 6.86. The largest absolute Gasteiger partial charge is 0.256 e. The summed E-state index contributed by atoms with van der Waals surface area (Å²) in [5.41, 5.74) is 3.40. The van der Waals surface area contributed by atoms with Crippen molar-refractivity contribution in [3.8, 4) is 11.1 Å². The average molecular weight is 364 g/mol. The summed E-state index contributed by atoms with van der Waals surface area (Å²) in [6.45, 7) is 0. The molecule has 128 valence electrons. The third-order valence-electron chi connectivity index (χ3n) is 4.64. The molecule has 5 aromatic rings. The highest BCUT2D eigenvalue weighted by molar-refractivity contribution is 7.99. The van der Waals surface area contributed by atoms with Crippen LogP contribution in [0.1, 0.15) is 0 Å². The lowest BCUT2D eigenvalue weighted by Crippen LogP contribution is -1.91. The van der Waals surface area contributed by atoms with E-state index < -0.39 is 0 Å². The minimum absolute atomic E-state index is 0.986. The van der Waals surface area contributed by atoms with E-state index in [4.69, 9.17) is 4.98 Å². The monoisotopic (exact) mass is 364 g/mol. The molecule has 0 atom stereocenters. The fraction of sp³-hybridized carbons (Fsp3) is 0. The van der Waals surface area contributed by atoms with Gasteiger partial charge in [-0.25, -0.2) is 4.98 Å². The molecule has 0 saturated heterocycles. The van der Waals surface area contributed by atoms with E-state index in [2.05, 4.69) is 59.6 Å². The lowest BCUT2D eigenvalue weighted by molar-refractivity contribution is 1.13. The Balaban J connectivity index is 1.89. The zero-order valence-corrected chi connectivity index (χ0v) is 15.4. The highest BCUT2D eigenvalue weighted by Gasteiger charge is 2.16. The van der Waals surface area contributed by atoms with E-state index in [1.165, 1.54) is 26.8 Å². The summed E-state index contributed by atoms with van der Waals surface area (Å²) in [5, 5.41) is 4.59. The molecule has 0 N–H and O–H groups in total. The summed E-state index contributed by atoms with van der Waals surface area (Å²) in [6, 6.07) is 29.3. The minimum Gasteiger partial charge on any atom is -0.256 e. The van der Waals surface area contributed by atoms with Crippen LogP contribution in [0.25, 0.3) is 32.8 Å². The van der Waals surface area contributed by atoms with Crippen LogP contribution in [-0.2, 0) is 0 Å². The molecule has 0 amide bonds. The van der Waals surface area contributed by atoms with E-state index in [1.54, 1.807) is 11.8 Å². The Kier molecular flexibility index (Phi) is 4.07. The van der Waals surface area contributed by atoms with Gasteiger partial charge in [0.1, 0.15) is 5.03 Å². The Hall–Kier alpha value is -3.17. The van der Waals surface area contributed by atoms with Gasteiger partial charge in [-0.05, 0) is 34.5 Å². The van der Waals surface area contributed by atoms with Gasteiger partial charge in [0.25, 0.3) is 0 Å². The molecule has 0 unspecified atom stereocenters. The number of fused-ring (bicyclic) bond motifs is 2. The number of hydrogen-bond acceptors (Lipinski definition) is 3. The molecule has 3 aromatic carbocycles. The summed E-state index contributed by atoms with van der Waals surface area (Å²) >= 11 is 1.70. The standard InChI is InChI=1S/C24H16N2S/c1-2-9-17(10-3-1)22-18-11-4-5-12-19(18)24(20-13-8-16-26-23(20)22)27-21-14-6-7-15-25-21/h1-16H. The van der Waals surface area contributed by atoms with E-state index in [0.717, 1.165) is 15.9 Å². The van der Waals surface area contributed by atoms with Crippen molar-refractivity contribution in [2.24, 2.45) is 0 Å². The molecule has 0 spiro atoms. The van der Waals surface area contributed by atoms with Crippen LogP contribution in [0.3, 0.4) is 0 Å². The van der Waals surface area contributed by atoms with Crippen molar-refractivity contribution in [1.29, 1.82) is 0 Å². The first kappa shape index (κ1) is 16.0. The normalized spacial score (nSPS) is 11.1. The number of aromatic nitrogens is 2. The maximum absolute atomic E-state index is 4.78. The molecule has 0 aliphatic carbocycles. The minimum atomic E-state index is 0.986. The van der Waals surface area contributed by atoms with E-state index >= 15 is 0 Å². The smallest absolute Gasteiger partial charge is 0.101 e. The van der Waals surface area contributed by atoms with Gasteiger partial charge < -0.3 is 0 Å². The molecule has 0 aliphatic rings. The molecule has 0 radical (unpaired) electrons. The van der Waals surface area contributed by atoms with E-state index in [-0.39, 0.29) is 0 Å². The van der Waals surface area contributed by atoms with Gasteiger partial charge in [-0.1, -0.05) is 78.5 Å². The van der Waals surface area contributed by atoms with E-state index in [9.17, 15) is 0 Å². The summed E-state index contributed by atoms with van der Waals surface area (Å²) in [7, 11) is 0. The molecule has 2 heterocycles. The molecule has 5 rings (SSSR count). The Morgan fingerprint density at radius 2 is 1.26 bits per heavy atom. The van der Waals surface area contributed by atoms with Crippen LogP contribution in [0.5, 0.6) is 0 Å². The van der Waals surface area contributed by atoms with Crippen molar-refractivity contribution in [3.63, 3.8) is 0 Å². The second-order valence-electron chi connectivity index (χ2n) is 6.29. The van der Waals surface area contributed by atoms with E-state index in [1.807, 2.05) is 42.7 Å². The van der Waals surface area contributed by atoms with Crippen LogP contribution in [0.2, 0.25) is 0 Å². The zero-order valence-electron chi connectivity index (χ0n) is 14.5. The van der Waals surface area contributed by atoms with Gasteiger partial charge in [-0.2, -0.15) is 0 Å². The highest BCUT2D eigenvalue weighted by Crippen LogP contribution is 2.43. The third-order valence-corrected chi connectivity index (χ3v) is 5.73. The number of hydrogen-bond donors (Lipinski definition) is 0. The molecule has 2 nitrogen and oxygen atoms in total. The van der Waals surface area contributed by atoms with Crippen LogP contribution in [0, 0.1) is 0 Å². The molecule has 0 aliphatic heterocycles. The Bertz CT molecular complexity index is 1180. The lowest BCUT2D eigenvalue weighted by atomic mass is 9.95. The number of nitrogens with zero attached hydrogens (tertiary/aromatic N) is 2. The Labute approximate surface area is 161 Å². The van der Waals surface area contributed by atoms with Crippen molar-refractivity contribution in [2.75, 3.05) is 0 Å². The lowest BCUT2D eigenvalue weighted by Gasteiger charge is -2.15. The summed E-state index contributed by atoms with van der Waals surface area (Å²) in [6.07, 6.45) is 3.71. The molecule has 2 aromatic heterocycles.